The lowest BCUT2D eigenvalue weighted by molar-refractivity contribution is 0.102. The molecule has 0 saturated heterocycles. The van der Waals surface area contributed by atoms with Gasteiger partial charge in [-0.2, -0.15) is 5.26 Å². The lowest BCUT2D eigenvalue weighted by Gasteiger charge is -2.11. The molecule has 5 heteroatoms. The maximum absolute atomic E-state index is 14.1. The van der Waals surface area contributed by atoms with E-state index in [1.54, 1.807) is 47.9 Å². The number of hydrogen-bond acceptors (Lipinski definition) is 2. The van der Waals surface area contributed by atoms with E-state index in [9.17, 15) is 9.18 Å². The maximum Gasteiger partial charge on any atom is 0.257 e. The van der Waals surface area contributed by atoms with Gasteiger partial charge in [0, 0.05) is 17.1 Å². The number of rotatable bonds is 4. The van der Waals surface area contributed by atoms with Crippen LogP contribution in [-0.4, -0.2) is 10.5 Å². The number of aromatic nitrogens is 1. The summed E-state index contributed by atoms with van der Waals surface area (Å²) < 4.78 is 15.9. The number of nitrogens with one attached hydrogen (secondary N) is 1. The van der Waals surface area contributed by atoms with E-state index >= 15 is 0 Å². The molecule has 2 aromatic carbocycles. The second-order valence-corrected chi connectivity index (χ2v) is 6.06. The molecule has 0 aliphatic heterocycles. The van der Waals surface area contributed by atoms with Gasteiger partial charge in [-0.15, -0.1) is 0 Å². The molecule has 0 aliphatic carbocycles. The molecule has 0 spiro atoms. The van der Waals surface area contributed by atoms with E-state index in [2.05, 4.69) is 11.4 Å². The van der Waals surface area contributed by atoms with Crippen LogP contribution < -0.4 is 5.32 Å². The highest BCUT2D eigenvalue weighted by molar-refractivity contribution is 6.05. The van der Waals surface area contributed by atoms with Crippen molar-refractivity contribution in [1.82, 2.24) is 4.57 Å². The fourth-order valence-corrected chi connectivity index (χ4v) is 2.99. The molecule has 0 fully saturated rings. The average Bonchev–Trinajstić information content (AvgIpc) is 2.92. The minimum Gasteiger partial charge on any atom is -0.322 e. The van der Waals surface area contributed by atoms with Gasteiger partial charge in [-0.1, -0.05) is 24.3 Å². The monoisotopic (exact) mass is 347 g/mol. The smallest absolute Gasteiger partial charge is 0.257 e. The van der Waals surface area contributed by atoms with Crippen LogP contribution in [0.3, 0.4) is 0 Å². The predicted molar refractivity (Wildman–Crippen MR) is 98.9 cm³/mol. The molecule has 1 N–H and O–H groups in total. The van der Waals surface area contributed by atoms with Crippen LogP contribution in [0.4, 0.5) is 10.1 Å². The molecule has 130 valence electrons. The lowest BCUT2D eigenvalue weighted by Crippen LogP contribution is -2.13. The molecular formula is C21H18FN3O. The molecule has 0 unspecified atom stereocenters. The number of para-hydroxylation sites is 1. The van der Waals surface area contributed by atoms with Gasteiger partial charge >= 0.3 is 0 Å². The number of nitriles is 1. The van der Waals surface area contributed by atoms with Crippen LogP contribution in [0.1, 0.15) is 27.3 Å². The Morgan fingerprint density at radius 3 is 2.50 bits per heavy atom. The van der Waals surface area contributed by atoms with Crippen LogP contribution in [0.2, 0.25) is 0 Å². The molecule has 0 radical (unpaired) electrons. The molecule has 4 nitrogen and oxygen atoms in total. The molecule has 3 aromatic rings. The predicted octanol–water partition coefficient (Wildman–Crippen LogP) is 4.55. The maximum atomic E-state index is 14.1. The summed E-state index contributed by atoms with van der Waals surface area (Å²) >= 11 is 0. The molecule has 0 aliphatic rings. The van der Waals surface area contributed by atoms with Crippen molar-refractivity contribution in [1.29, 1.82) is 5.26 Å². The number of carbonyl (C=O) groups is 1. The Balaban J connectivity index is 1.88. The molecule has 0 bridgehead atoms. The van der Waals surface area contributed by atoms with Gasteiger partial charge in [-0.3, -0.25) is 4.79 Å². The number of carbonyl (C=O) groups excluding carboxylic acids is 1. The Labute approximate surface area is 151 Å². The van der Waals surface area contributed by atoms with Gasteiger partial charge in [-0.05, 0) is 49.7 Å². The third-order valence-electron chi connectivity index (χ3n) is 4.26. The van der Waals surface area contributed by atoms with Crippen molar-refractivity contribution in [2.45, 2.75) is 20.3 Å². The number of aryl methyl sites for hydroxylation is 1. The van der Waals surface area contributed by atoms with Crippen LogP contribution in [0.15, 0.2) is 54.6 Å². The second-order valence-electron chi connectivity index (χ2n) is 6.06. The van der Waals surface area contributed by atoms with E-state index in [0.717, 1.165) is 11.3 Å². The fraction of sp³-hybridized carbons (Fsp3) is 0.143. The van der Waals surface area contributed by atoms with E-state index in [-0.39, 0.29) is 11.7 Å². The topological polar surface area (TPSA) is 57.8 Å². The van der Waals surface area contributed by atoms with Gasteiger partial charge in [0.15, 0.2) is 0 Å². The van der Waals surface area contributed by atoms with Gasteiger partial charge in [0.05, 0.1) is 23.7 Å². The fourth-order valence-electron chi connectivity index (χ4n) is 2.99. The third-order valence-corrected chi connectivity index (χ3v) is 4.26. The lowest BCUT2D eigenvalue weighted by atomic mass is 10.1. The highest BCUT2D eigenvalue weighted by atomic mass is 19.1. The van der Waals surface area contributed by atoms with Gasteiger partial charge in [0.2, 0.25) is 0 Å². The quantitative estimate of drug-likeness (QED) is 0.752. The minimum atomic E-state index is -0.339. The Morgan fingerprint density at radius 2 is 1.85 bits per heavy atom. The van der Waals surface area contributed by atoms with E-state index in [4.69, 9.17) is 5.26 Å². The van der Waals surface area contributed by atoms with Crippen molar-refractivity contribution in [2.24, 2.45) is 0 Å². The minimum absolute atomic E-state index is 0.256. The summed E-state index contributed by atoms with van der Waals surface area (Å²) in [5.41, 5.74) is 3.90. The summed E-state index contributed by atoms with van der Waals surface area (Å²) in [6.45, 7) is 3.64. The molecule has 1 amide bonds. The first-order valence-electron chi connectivity index (χ1n) is 8.22. The molecule has 1 heterocycles. The zero-order valence-electron chi connectivity index (χ0n) is 14.6. The first kappa shape index (κ1) is 17.4. The van der Waals surface area contributed by atoms with E-state index in [0.29, 0.717) is 29.1 Å². The van der Waals surface area contributed by atoms with Crippen LogP contribution in [0, 0.1) is 31.0 Å². The molecule has 3 rings (SSSR count). The van der Waals surface area contributed by atoms with Crippen LogP contribution in [-0.2, 0) is 6.42 Å². The summed E-state index contributed by atoms with van der Waals surface area (Å²) in [4.78, 5) is 12.7. The zero-order valence-corrected chi connectivity index (χ0v) is 14.6. The van der Waals surface area contributed by atoms with Crippen molar-refractivity contribution in [3.8, 4) is 11.8 Å². The standard InChI is InChI=1S/C21H18FN3O/c1-14-13-18(15(2)25(14)20-6-4-3-5-19(20)22)21(26)24-17-9-7-16(8-10-17)11-12-23/h3-10,13H,11H2,1-2H3,(H,24,26). The summed E-state index contributed by atoms with van der Waals surface area (Å²) in [6, 6.07) is 17.5. The molecule has 0 saturated carbocycles. The number of nitrogens with zero attached hydrogens (tertiary/aromatic N) is 2. The highest BCUT2D eigenvalue weighted by Crippen LogP contribution is 2.23. The Kier molecular flexibility index (Phi) is 4.85. The molecule has 26 heavy (non-hydrogen) atoms. The molecular weight excluding hydrogens is 329 g/mol. The third kappa shape index (κ3) is 3.35. The Bertz CT molecular complexity index is 997. The summed E-state index contributed by atoms with van der Waals surface area (Å²) in [5, 5.41) is 11.6. The zero-order chi connectivity index (χ0) is 18.7. The van der Waals surface area contributed by atoms with E-state index < -0.39 is 0 Å². The van der Waals surface area contributed by atoms with Crippen LogP contribution >= 0.6 is 0 Å². The number of benzene rings is 2. The molecule has 1 aromatic heterocycles. The van der Waals surface area contributed by atoms with Crippen molar-refractivity contribution in [3.05, 3.63) is 82.9 Å². The van der Waals surface area contributed by atoms with Crippen molar-refractivity contribution < 1.29 is 9.18 Å². The Morgan fingerprint density at radius 1 is 1.15 bits per heavy atom. The summed E-state index contributed by atoms with van der Waals surface area (Å²) in [7, 11) is 0. The van der Waals surface area contributed by atoms with Gasteiger partial charge in [0.25, 0.3) is 5.91 Å². The molecule has 0 atom stereocenters. The van der Waals surface area contributed by atoms with E-state index in [1.807, 2.05) is 19.1 Å². The largest absolute Gasteiger partial charge is 0.322 e. The van der Waals surface area contributed by atoms with Gasteiger partial charge in [0.1, 0.15) is 5.82 Å². The number of halogens is 1. The average molecular weight is 347 g/mol. The Hall–Kier alpha value is -3.39. The number of anilines is 1. The van der Waals surface area contributed by atoms with Crippen molar-refractivity contribution >= 4 is 11.6 Å². The highest BCUT2D eigenvalue weighted by Gasteiger charge is 2.18. The summed E-state index contributed by atoms with van der Waals surface area (Å²) in [6.07, 6.45) is 0.331. The van der Waals surface area contributed by atoms with E-state index in [1.165, 1.54) is 6.07 Å². The van der Waals surface area contributed by atoms with Gasteiger partial charge < -0.3 is 9.88 Å². The van der Waals surface area contributed by atoms with Gasteiger partial charge in [-0.25, -0.2) is 4.39 Å². The normalized spacial score (nSPS) is 10.4. The number of hydrogen-bond donors (Lipinski definition) is 1. The second kappa shape index (κ2) is 7.24. The number of amides is 1. The van der Waals surface area contributed by atoms with Crippen molar-refractivity contribution in [2.75, 3.05) is 5.32 Å². The summed E-state index contributed by atoms with van der Waals surface area (Å²) in [5.74, 6) is -0.594. The first-order chi connectivity index (χ1) is 12.5. The van der Waals surface area contributed by atoms with Crippen LogP contribution in [0.5, 0.6) is 0 Å². The first-order valence-corrected chi connectivity index (χ1v) is 8.22. The van der Waals surface area contributed by atoms with Crippen LogP contribution in [0.25, 0.3) is 5.69 Å². The SMILES string of the molecule is Cc1cc(C(=O)Nc2ccc(CC#N)cc2)c(C)n1-c1ccccc1F. The van der Waals surface area contributed by atoms with Crippen molar-refractivity contribution in [3.63, 3.8) is 0 Å².